The molecule has 0 saturated carbocycles. The lowest BCUT2D eigenvalue weighted by atomic mass is 10.0. The zero-order valence-corrected chi connectivity index (χ0v) is 16.7. The Bertz CT molecular complexity index is 886. The van der Waals surface area contributed by atoms with Gasteiger partial charge in [0.2, 0.25) is 5.91 Å². The summed E-state index contributed by atoms with van der Waals surface area (Å²) in [7, 11) is 0. The van der Waals surface area contributed by atoms with Crippen molar-refractivity contribution in [3.8, 4) is 10.6 Å². The van der Waals surface area contributed by atoms with Crippen LogP contribution in [-0.4, -0.2) is 34.9 Å². The minimum Gasteiger partial charge on any atom is -0.353 e. The monoisotopic (exact) mass is 391 g/mol. The number of nitrogens with one attached hydrogen (secondary N) is 1. The summed E-state index contributed by atoms with van der Waals surface area (Å²) >= 11 is 1.59. The first kappa shape index (κ1) is 18.8. The van der Waals surface area contributed by atoms with Gasteiger partial charge in [-0.3, -0.25) is 9.69 Å². The van der Waals surface area contributed by atoms with E-state index in [1.165, 1.54) is 5.56 Å². The van der Waals surface area contributed by atoms with Crippen LogP contribution in [-0.2, 0) is 17.8 Å². The molecular weight excluding hydrogens is 366 g/mol. The molecule has 1 N–H and O–H groups in total. The van der Waals surface area contributed by atoms with Crippen LogP contribution in [0.25, 0.3) is 10.6 Å². The van der Waals surface area contributed by atoms with Gasteiger partial charge in [0.15, 0.2) is 0 Å². The standard InChI is InChI=1S/C23H25N3OS/c27-22(15-21-17-28-23(25-21)19-9-5-2-6-10-19)24-20-11-13-26(14-12-20)16-18-7-3-1-4-8-18/h1-10,17,20H,11-16H2,(H,24,27). The van der Waals surface area contributed by atoms with Gasteiger partial charge in [-0.2, -0.15) is 0 Å². The average molecular weight is 392 g/mol. The third kappa shape index (κ3) is 5.06. The summed E-state index contributed by atoms with van der Waals surface area (Å²) in [6.07, 6.45) is 2.36. The van der Waals surface area contributed by atoms with Gasteiger partial charge >= 0.3 is 0 Å². The van der Waals surface area contributed by atoms with E-state index in [9.17, 15) is 4.79 Å². The van der Waals surface area contributed by atoms with Crippen molar-refractivity contribution >= 4 is 17.2 Å². The van der Waals surface area contributed by atoms with Gasteiger partial charge in [0.05, 0.1) is 12.1 Å². The Balaban J connectivity index is 1.23. The largest absolute Gasteiger partial charge is 0.353 e. The molecule has 4 rings (SSSR count). The predicted octanol–water partition coefficient (Wildman–Crippen LogP) is 4.13. The number of carbonyl (C=O) groups is 1. The third-order valence-corrected chi connectivity index (χ3v) is 6.06. The Labute approximate surface area is 170 Å². The second-order valence-electron chi connectivity index (χ2n) is 7.29. The summed E-state index contributed by atoms with van der Waals surface area (Å²) in [5.74, 6) is 0.0754. The molecule has 1 aliphatic heterocycles. The molecule has 0 atom stereocenters. The van der Waals surface area contributed by atoms with Crippen LogP contribution in [0, 0.1) is 0 Å². The van der Waals surface area contributed by atoms with Gasteiger partial charge in [-0.1, -0.05) is 60.7 Å². The molecule has 144 valence electrons. The van der Waals surface area contributed by atoms with Crippen molar-refractivity contribution in [1.82, 2.24) is 15.2 Å². The maximum atomic E-state index is 12.4. The molecule has 0 bridgehead atoms. The van der Waals surface area contributed by atoms with E-state index >= 15 is 0 Å². The molecule has 4 nitrogen and oxygen atoms in total. The van der Waals surface area contributed by atoms with E-state index in [0.717, 1.165) is 48.7 Å². The number of carbonyl (C=O) groups excluding carboxylic acids is 1. The highest BCUT2D eigenvalue weighted by Crippen LogP contribution is 2.23. The van der Waals surface area contributed by atoms with Crippen molar-refractivity contribution in [2.45, 2.75) is 31.8 Å². The molecule has 2 heterocycles. The zero-order valence-electron chi connectivity index (χ0n) is 15.9. The van der Waals surface area contributed by atoms with Crippen molar-refractivity contribution in [1.29, 1.82) is 0 Å². The highest BCUT2D eigenvalue weighted by Gasteiger charge is 2.21. The number of nitrogens with zero attached hydrogens (tertiary/aromatic N) is 2. The third-order valence-electron chi connectivity index (χ3n) is 5.12. The molecule has 1 saturated heterocycles. The summed E-state index contributed by atoms with van der Waals surface area (Å²) in [4.78, 5) is 19.5. The second kappa shape index (κ2) is 9.13. The highest BCUT2D eigenvalue weighted by atomic mass is 32.1. The molecule has 0 spiro atoms. The van der Waals surface area contributed by atoms with Crippen LogP contribution in [0.1, 0.15) is 24.1 Å². The predicted molar refractivity (Wildman–Crippen MR) is 114 cm³/mol. The minimum atomic E-state index is 0.0754. The smallest absolute Gasteiger partial charge is 0.226 e. The molecule has 0 radical (unpaired) electrons. The maximum absolute atomic E-state index is 12.4. The van der Waals surface area contributed by atoms with Crippen LogP contribution in [0.5, 0.6) is 0 Å². The van der Waals surface area contributed by atoms with Crippen LogP contribution in [0.3, 0.4) is 0 Å². The Morgan fingerprint density at radius 1 is 1.04 bits per heavy atom. The normalized spacial score (nSPS) is 15.4. The first-order valence-corrected chi connectivity index (χ1v) is 10.7. The number of aromatic nitrogens is 1. The van der Waals surface area contributed by atoms with Crippen molar-refractivity contribution in [2.75, 3.05) is 13.1 Å². The Morgan fingerprint density at radius 3 is 2.43 bits per heavy atom. The number of hydrogen-bond acceptors (Lipinski definition) is 4. The minimum absolute atomic E-state index is 0.0754. The van der Waals surface area contributed by atoms with E-state index in [4.69, 9.17) is 0 Å². The fourth-order valence-corrected chi connectivity index (χ4v) is 4.45. The van der Waals surface area contributed by atoms with Crippen molar-refractivity contribution in [3.05, 3.63) is 77.3 Å². The maximum Gasteiger partial charge on any atom is 0.226 e. The van der Waals surface area contributed by atoms with Crippen molar-refractivity contribution in [2.24, 2.45) is 0 Å². The highest BCUT2D eigenvalue weighted by molar-refractivity contribution is 7.13. The molecule has 3 aromatic rings. The molecule has 1 fully saturated rings. The lowest BCUT2D eigenvalue weighted by Crippen LogP contribution is -2.44. The number of thiazole rings is 1. The fraction of sp³-hybridized carbons (Fsp3) is 0.304. The number of hydrogen-bond donors (Lipinski definition) is 1. The van der Waals surface area contributed by atoms with Gasteiger partial charge in [0, 0.05) is 36.6 Å². The van der Waals surface area contributed by atoms with Crippen LogP contribution < -0.4 is 5.32 Å². The number of amides is 1. The topological polar surface area (TPSA) is 45.2 Å². The van der Waals surface area contributed by atoms with Crippen molar-refractivity contribution < 1.29 is 4.79 Å². The van der Waals surface area contributed by atoms with Crippen LogP contribution in [0.4, 0.5) is 0 Å². The first-order chi connectivity index (χ1) is 13.8. The van der Waals surface area contributed by atoms with Crippen LogP contribution in [0.2, 0.25) is 0 Å². The van der Waals surface area contributed by atoms with E-state index in [1.54, 1.807) is 11.3 Å². The average Bonchev–Trinajstić information content (AvgIpc) is 3.19. The van der Waals surface area contributed by atoms with Gasteiger partial charge in [-0.25, -0.2) is 4.98 Å². The quantitative estimate of drug-likeness (QED) is 0.687. The number of benzene rings is 2. The lowest BCUT2D eigenvalue weighted by molar-refractivity contribution is -0.121. The summed E-state index contributed by atoms with van der Waals surface area (Å²) in [5.41, 5.74) is 3.30. The molecule has 1 amide bonds. The molecular formula is C23H25N3OS. The summed E-state index contributed by atoms with van der Waals surface area (Å²) in [6, 6.07) is 20.9. The Morgan fingerprint density at radius 2 is 1.71 bits per heavy atom. The Hall–Kier alpha value is -2.50. The lowest BCUT2D eigenvalue weighted by Gasteiger charge is -2.32. The van der Waals surface area contributed by atoms with E-state index in [1.807, 2.05) is 35.7 Å². The summed E-state index contributed by atoms with van der Waals surface area (Å²) in [5, 5.41) is 6.16. The molecule has 1 aromatic heterocycles. The van der Waals surface area contributed by atoms with Gasteiger partial charge < -0.3 is 5.32 Å². The molecule has 0 aliphatic carbocycles. The van der Waals surface area contributed by atoms with E-state index in [0.29, 0.717) is 6.42 Å². The van der Waals surface area contributed by atoms with Crippen LogP contribution >= 0.6 is 11.3 Å². The molecule has 1 aliphatic rings. The van der Waals surface area contributed by atoms with Crippen molar-refractivity contribution in [3.63, 3.8) is 0 Å². The molecule has 2 aromatic carbocycles. The summed E-state index contributed by atoms with van der Waals surface area (Å²) in [6.45, 7) is 3.03. The number of piperidine rings is 1. The zero-order chi connectivity index (χ0) is 19.2. The van der Waals surface area contributed by atoms with Crippen LogP contribution in [0.15, 0.2) is 66.0 Å². The molecule has 0 unspecified atom stereocenters. The number of likely N-dealkylation sites (tertiary alicyclic amines) is 1. The van der Waals surface area contributed by atoms with E-state index in [-0.39, 0.29) is 11.9 Å². The van der Waals surface area contributed by atoms with E-state index < -0.39 is 0 Å². The molecule has 5 heteroatoms. The number of rotatable bonds is 6. The summed E-state index contributed by atoms with van der Waals surface area (Å²) < 4.78 is 0. The van der Waals surface area contributed by atoms with E-state index in [2.05, 4.69) is 45.5 Å². The van der Waals surface area contributed by atoms with Gasteiger partial charge in [0.1, 0.15) is 5.01 Å². The van der Waals surface area contributed by atoms with Gasteiger partial charge in [-0.05, 0) is 18.4 Å². The van der Waals surface area contributed by atoms with Gasteiger partial charge in [-0.15, -0.1) is 11.3 Å². The Kier molecular flexibility index (Phi) is 6.14. The second-order valence-corrected chi connectivity index (χ2v) is 8.15. The SMILES string of the molecule is O=C(Cc1csc(-c2ccccc2)n1)NC1CCN(Cc2ccccc2)CC1. The first-order valence-electron chi connectivity index (χ1n) is 9.82. The fourth-order valence-electron chi connectivity index (χ4n) is 3.62. The van der Waals surface area contributed by atoms with Gasteiger partial charge in [0.25, 0.3) is 0 Å². The molecule has 28 heavy (non-hydrogen) atoms.